The van der Waals surface area contributed by atoms with E-state index in [0.717, 1.165) is 56.7 Å². The zero-order valence-corrected chi connectivity index (χ0v) is 18.9. The van der Waals surface area contributed by atoms with Gasteiger partial charge in [0.25, 0.3) is 5.91 Å². The molecule has 166 valence electrons. The van der Waals surface area contributed by atoms with Gasteiger partial charge < -0.3 is 25.0 Å². The summed E-state index contributed by atoms with van der Waals surface area (Å²) < 4.78 is 5.01. The predicted molar refractivity (Wildman–Crippen MR) is 121 cm³/mol. The highest BCUT2D eigenvalue weighted by Crippen LogP contribution is 2.40. The fraction of sp³-hybridized carbons (Fsp3) is 0.478. The summed E-state index contributed by atoms with van der Waals surface area (Å²) >= 11 is 1.52. The molecule has 31 heavy (non-hydrogen) atoms. The van der Waals surface area contributed by atoms with Crippen LogP contribution in [0.1, 0.15) is 34.1 Å². The number of para-hydroxylation sites is 2. The van der Waals surface area contributed by atoms with Gasteiger partial charge in [-0.05, 0) is 42.9 Å². The number of rotatable bonds is 5. The number of amides is 1. The molecule has 1 aliphatic carbocycles. The van der Waals surface area contributed by atoms with Gasteiger partial charge in [-0.3, -0.25) is 4.79 Å². The topological polar surface area (TPSA) is 83.3 Å². The van der Waals surface area contributed by atoms with E-state index in [9.17, 15) is 14.7 Å². The second kappa shape index (κ2) is 9.28. The van der Waals surface area contributed by atoms with E-state index in [1.54, 1.807) is 6.07 Å². The molecule has 1 saturated heterocycles. The third kappa shape index (κ3) is 4.70. The van der Waals surface area contributed by atoms with Crippen molar-refractivity contribution in [2.45, 2.75) is 26.2 Å². The lowest BCUT2D eigenvalue weighted by Gasteiger charge is -2.33. The number of piperazine rings is 1. The number of aromatic hydroxyl groups is 1. The summed E-state index contributed by atoms with van der Waals surface area (Å²) in [4.78, 5) is 29.8. The maximum absolute atomic E-state index is 12.8. The van der Waals surface area contributed by atoms with Crippen LogP contribution >= 0.6 is 11.3 Å². The number of fused-ring (bicyclic) bond motifs is 1. The zero-order valence-electron chi connectivity index (χ0n) is 18.1. The number of ether oxygens (including phenoxy) is 1. The van der Waals surface area contributed by atoms with Crippen molar-refractivity contribution in [3.8, 4) is 5.75 Å². The van der Waals surface area contributed by atoms with Gasteiger partial charge in [-0.2, -0.15) is 0 Å². The molecule has 2 aromatic rings. The maximum Gasteiger partial charge on any atom is 0.341 e. The highest BCUT2D eigenvalue weighted by atomic mass is 32.1. The summed E-state index contributed by atoms with van der Waals surface area (Å²) in [6.45, 7) is 5.75. The van der Waals surface area contributed by atoms with Crippen molar-refractivity contribution in [1.29, 1.82) is 0 Å². The summed E-state index contributed by atoms with van der Waals surface area (Å²) in [5.41, 5.74) is 2.43. The molecule has 1 atom stereocenters. The Kier molecular flexibility index (Phi) is 6.48. The summed E-state index contributed by atoms with van der Waals surface area (Å²) in [5.74, 6) is 0.425. The molecule has 0 unspecified atom stereocenters. The molecular formula is C23H30N3O4S+. The minimum atomic E-state index is -0.369. The molecule has 8 heteroatoms. The van der Waals surface area contributed by atoms with Crippen molar-refractivity contribution in [1.82, 2.24) is 0 Å². The number of carbonyl (C=O) groups excluding carboxylic acids is 2. The third-order valence-electron chi connectivity index (χ3n) is 6.26. The average molecular weight is 445 g/mol. The van der Waals surface area contributed by atoms with E-state index in [0.29, 0.717) is 23.0 Å². The predicted octanol–water partition coefficient (Wildman–Crippen LogP) is 1.71. The molecule has 1 aliphatic heterocycles. The molecule has 0 bridgehead atoms. The Labute approximate surface area is 186 Å². The van der Waals surface area contributed by atoms with Crippen LogP contribution in [-0.2, 0) is 22.4 Å². The molecule has 1 aromatic heterocycles. The van der Waals surface area contributed by atoms with E-state index in [1.165, 1.54) is 28.2 Å². The van der Waals surface area contributed by atoms with Gasteiger partial charge in [-0.25, -0.2) is 4.79 Å². The van der Waals surface area contributed by atoms with Crippen molar-refractivity contribution < 1.29 is 24.3 Å². The summed E-state index contributed by atoms with van der Waals surface area (Å²) in [5, 5.41) is 13.7. The number of carbonyl (C=O) groups is 2. The van der Waals surface area contributed by atoms with Crippen molar-refractivity contribution in [3.63, 3.8) is 0 Å². The van der Waals surface area contributed by atoms with E-state index in [2.05, 4.69) is 17.1 Å². The number of benzene rings is 1. The molecule has 0 spiro atoms. The van der Waals surface area contributed by atoms with Crippen molar-refractivity contribution in [2.24, 2.45) is 5.92 Å². The Morgan fingerprint density at radius 3 is 2.74 bits per heavy atom. The number of quaternary nitrogens is 1. The second-order valence-electron chi connectivity index (χ2n) is 8.50. The number of nitrogens with zero attached hydrogens (tertiary/aromatic N) is 1. The quantitative estimate of drug-likeness (QED) is 0.612. The van der Waals surface area contributed by atoms with Gasteiger partial charge in [-0.1, -0.05) is 19.1 Å². The van der Waals surface area contributed by atoms with Crippen LogP contribution in [0.5, 0.6) is 5.75 Å². The molecule has 0 radical (unpaired) electrons. The fourth-order valence-corrected chi connectivity index (χ4v) is 5.94. The molecule has 2 aliphatic rings. The minimum Gasteiger partial charge on any atom is -0.506 e. The third-order valence-corrected chi connectivity index (χ3v) is 7.43. The van der Waals surface area contributed by atoms with Crippen LogP contribution in [0.25, 0.3) is 0 Å². The van der Waals surface area contributed by atoms with Gasteiger partial charge in [0, 0.05) is 4.88 Å². The van der Waals surface area contributed by atoms with Gasteiger partial charge in [0.1, 0.15) is 10.8 Å². The number of anilines is 2. The highest BCUT2D eigenvalue weighted by Gasteiger charge is 2.30. The molecule has 1 fully saturated rings. The van der Waals surface area contributed by atoms with Gasteiger partial charge in [0.05, 0.1) is 44.5 Å². The molecule has 4 rings (SSSR count). The minimum absolute atomic E-state index is 0.0807. The van der Waals surface area contributed by atoms with Crippen LogP contribution in [0.15, 0.2) is 24.3 Å². The lowest BCUT2D eigenvalue weighted by atomic mass is 9.88. The molecule has 2 heterocycles. The summed E-state index contributed by atoms with van der Waals surface area (Å²) in [6, 6.07) is 7.35. The van der Waals surface area contributed by atoms with Gasteiger partial charge in [0.2, 0.25) is 0 Å². The Bertz CT molecular complexity index is 966. The second-order valence-corrected chi connectivity index (χ2v) is 9.60. The summed E-state index contributed by atoms with van der Waals surface area (Å²) in [6.07, 6.45) is 2.85. The molecule has 0 saturated carbocycles. The fourth-order valence-electron chi connectivity index (χ4n) is 4.53. The Balaban J connectivity index is 1.38. The first-order valence-electron chi connectivity index (χ1n) is 10.9. The SMILES string of the molecule is COC(=O)c1c(NC(=O)C[NH+]2CCN(c3ccccc3O)CC2)sc2c1CC[C@@H](C)C2. The number of esters is 1. The van der Waals surface area contributed by atoms with E-state index in [1.807, 2.05) is 18.2 Å². The van der Waals surface area contributed by atoms with Crippen molar-refractivity contribution >= 4 is 33.9 Å². The first kappa shape index (κ1) is 21.6. The average Bonchev–Trinajstić information content (AvgIpc) is 3.10. The van der Waals surface area contributed by atoms with Gasteiger partial charge in [0.15, 0.2) is 6.54 Å². The lowest BCUT2D eigenvalue weighted by Crippen LogP contribution is -3.15. The van der Waals surface area contributed by atoms with E-state index in [-0.39, 0.29) is 17.6 Å². The van der Waals surface area contributed by atoms with Gasteiger partial charge in [-0.15, -0.1) is 11.3 Å². The molecule has 3 N–H and O–H groups in total. The number of thiophene rings is 1. The zero-order chi connectivity index (χ0) is 22.0. The van der Waals surface area contributed by atoms with Crippen LogP contribution in [0.3, 0.4) is 0 Å². The molecule has 1 amide bonds. The Morgan fingerprint density at radius 2 is 2.03 bits per heavy atom. The van der Waals surface area contributed by atoms with Crippen LogP contribution in [-0.4, -0.2) is 56.8 Å². The Hall–Kier alpha value is -2.58. The number of nitrogens with one attached hydrogen (secondary N) is 2. The molecule has 7 nitrogen and oxygen atoms in total. The number of phenols is 1. The van der Waals surface area contributed by atoms with Crippen LogP contribution in [0.4, 0.5) is 10.7 Å². The first-order valence-corrected chi connectivity index (χ1v) is 11.7. The van der Waals surface area contributed by atoms with Crippen LogP contribution in [0, 0.1) is 5.92 Å². The monoisotopic (exact) mass is 444 g/mol. The van der Waals surface area contributed by atoms with Gasteiger partial charge >= 0.3 is 5.97 Å². The number of phenolic OH excluding ortho intramolecular Hbond substituents is 1. The van der Waals surface area contributed by atoms with Crippen molar-refractivity contribution in [2.75, 3.05) is 50.1 Å². The molecular weight excluding hydrogens is 414 g/mol. The smallest absolute Gasteiger partial charge is 0.341 e. The Morgan fingerprint density at radius 1 is 1.29 bits per heavy atom. The first-order chi connectivity index (χ1) is 15.0. The van der Waals surface area contributed by atoms with Crippen LogP contribution < -0.4 is 15.1 Å². The van der Waals surface area contributed by atoms with E-state index >= 15 is 0 Å². The largest absolute Gasteiger partial charge is 0.506 e. The number of hydrogen-bond acceptors (Lipinski definition) is 6. The van der Waals surface area contributed by atoms with Crippen molar-refractivity contribution in [3.05, 3.63) is 40.3 Å². The highest BCUT2D eigenvalue weighted by molar-refractivity contribution is 7.17. The van der Waals surface area contributed by atoms with E-state index in [4.69, 9.17) is 4.74 Å². The maximum atomic E-state index is 12.8. The normalized spacial score (nSPS) is 19.0. The number of methoxy groups -OCH3 is 1. The molecule has 1 aromatic carbocycles. The van der Waals surface area contributed by atoms with Crippen LogP contribution in [0.2, 0.25) is 0 Å². The summed E-state index contributed by atoms with van der Waals surface area (Å²) in [7, 11) is 1.39. The number of hydrogen-bond donors (Lipinski definition) is 3. The standard InChI is InChI=1S/C23H29N3O4S/c1-15-7-8-16-19(13-15)31-22(21(16)23(29)30-2)24-20(28)14-25-9-11-26(12-10-25)17-5-3-4-6-18(17)27/h3-6,15,27H,7-14H2,1-2H3,(H,24,28)/p+1/t15-/m1/s1. The van der Waals surface area contributed by atoms with E-state index < -0.39 is 0 Å². The lowest BCUT2D eigenvalue weighted by molar-refractivity contribution is -0.892.